The van der Waals surface area contributed by atoms with Gasteiger partial charge in [0.25, 0.3) is 0 Å². The van der Waals surface area contributed by atoms with Crippen LogP contribution >= 0.6 is 0 Å². The minimum Gasteiger partial charge on any atom is -0.379 e. The van der Waals surface area contributed by atoms with Gasteiger partial charge in [0.15, 0.2) is 0 Å². The molecule has 1 heterocycles. The van der Waals surface area contributed by atoms with Crippen LogP contribution in [0.2, 0.25) is 0 Å². The van der Waals surface area contributed by atoms with E-state index in [2.05, 4.69) is 38.1 Å². The molecule has 1 atom stereocenters. The fourth-order valence-corrected chi connectivity index (χ4v) is 2.65. The van der Waals surface area contributed by atoms with Gasteiger partial charge >= 0.3 is 0 Å². The SMILES string of the molecule is CCC(C)c1ccc(C2(CCCN)COC2)cc1. The highest BCUT2D eigenvalue weighted by Crippen LogP contribution is 2.37. The summed E-state index contributed by atoms with van der Waals surface area (Å²) in [4.78, 5) is 0. The molecule has 1 fully saturated rings. The topological polar surface area (TPSA) is 35.2 Å². The number of ether oxygens (including phenoxy) is 1. The van der Waals surface area contributed by atoms with Crippen LogP contribution in [0.15, 0.2) is 24.3 Å². The van der Waals surface area contributed by atoms with Crippen LogP contribution < -0.4 is 5.73 Å². The minimum atomic E-state index is 0.243. The highest BCUT2D eigenvalue weighted by molar-refractivity contribution is 5.32. The third kappa shape index (κ3) is 2.60. The van der Waals surface area contributed by atoms with Crippen molar-refractivity contribution in [3.8, 4) is 0 Å². The van der Waals surface area contributed by atoms with Gasteiger partial charge < -0.3 is 10.5 Å². The number of hydrogen-bond acceptors (Lipinski definition) is 2. The molecule has 1 aromatic carbocycles. The molecular formula is C16H25NO. The largest absolute Gasteiger partial charge is 0.379 e. The zero-order valence-corrected chi connectivity index (χ0v) is 11.6. The van der Waals surface area contributed by atoms with E-state index in [1.165, 1.54) is 17.5 Å². The van der Waals surface area contributed by atoms with E-state index in [0.717, 1.165) is 32.6 Å². The molecule has 1 aliphatic heterocycles. The standard InChI is InChI=1S/C16H25NO/c1-3-13(2)14-5-7-15(8-6-14)16(9-4-10-17)11-18-12-16/h5-8,13H,3-4,9-12,17H2,1-2H3. The van der Waals surface area contributed by atoms with Gasteiger partial charge in [-0.2, -0.15) is 0 Å². The van der Waals surface area contributed by atoms with E-state index in [1.807, 2.05) is 0 Å². The maximum Gasteiger partial charge on any atom is 0.0585 e. The first-order valence-electron chi connectivity index (χ1n) is 7.10. The maximum absolute atomic E-state index is 5.63. The van der Waals surface area contributed by atoms with Crippen molar-refractivity contribution in [1.29, 1.82) is 0 Å². The smallest absolute Gasteiger partial charge is 0.0585 e. The van der Waals surface area contributed by atoms with Crippen LogP contribution in [0.25, 0.3) is 0 Å². The molecule has 100 valence electrons. The summed E-state index contributed by atoms with van der Waals surface area (Å²) >= 11 is 0. The lowest BCUT2D eigenvalue weighted by molar-refractivity contribution is -0.0649. The fraction of sp³-hybridized carbons (Fsp3) is 0.625. The second kappa shape index (κ2) is 5.85. The molecule has 18 heavy (non-hydrogen) atoms. The third-order valence-electron chi connectivity index (χ3n) is 4.32. The van der Waals surface area contributed by atoms with Crippen molar-refractivity contribution in [3.05, 3.63) is 35.4 Å². The molecule has 2 nitrogen and oxygen atoms in total. The Morgan fingerprint density at radius 1 is 1.28 bits per heavy atom. The van der Waals surface area contributed by atoms with Gasteiger partial charge in [-0.05, 0) is 42.9 Å². The molecule has 1 aliphatic rings. The van der Waals surface area contributed by atoms with E-state index in [1.54, 1.807) is 0 Å². The Labute approximate surface area is 111 Å². The van der Waals surface area contributed by atoms with Crippen molar-refractivity contribution in [2.75, 3.05) is 19.8 Å². The molecule has 0 radical (unpaired) electrons. The predicted molar refractivity (Wildman–Crippen MR) is 75.9 cm³/mol. The lowest BCUT2D eigenvalue weighted by Gasteiger charge is -2.42. The number of hydrogen-bond donors (Lipinski definition) is 1. The quantitative estimate of drug-likeness (QED) is 0.837. The van der Waals surface area contributed by atoms with Crippen LogP contribution in [-0.4, -0.2) is 19.8 Å². The fourth-order valence-electron chi connectivity index (χ4n) is 2.65. The second-order valence-corrected chi connectivity index (χ2v) is 5.60. The highest BCUT2D eigenvalue weighted by atomic mass is 16.5. The second-order valence-electron chi connectivity index (χ2n) is 5.60. The van der Waals surface area contributed by atoms with E-state index in [4.69, 9.17) is 10.5 Å². The zero-order chi connectivity index (χ0) is 13.0. The summed E-state index contributed by atoms with van der Waals surface area (Å²) in [5.74, 6) is 0.650. The summed E-state index contributed by atoms with van der Waals surface area (Å²) in [5.41, 5.74) is 8.74. The first-order valence-corrected chi connectivity index (χ1v) is 7.10. The molecule has 1 unspecified atom stereocenters. The number of rotatable bonds is 6. The van der Waals surface area contributed by atoms with Gasteiger partial charge in [0.2, 0.25) is 0 Å². The van der Waals surface area contributed by atoms with E-state index in [9.17, 15) is 0 Å². The van der Waals surface area contributed by atoms with E-state index < -0.39 is 0 Å². The molecule has 0 saturated carbocycles. The lowest BCUT2D eigenvalue weighted by atomic mass is 9.74. The van der Waals surface area contributed by atoms with Gasteiger partial charge in [0, 0.05) is 5.41 Å². The molecule has 2 heteroatoms. The summed E-state index contributed by atoms with van der Waals surface area (Å²) in [5, 5.41) is 0. The Hall–Kier alpha value is -0.860. The van der Waals surface area contributed by atoms with Crippen molar-refractivity contribution in [3.63, 3.8) is 0 Å². The lowest BCUT2D eigenvalue weighted by Crippen LogP contribution is -2.47. The van der Waals surface area contributed by atoms with Crippen LogP contribution in [0.5, 0.6) is 0 Å². The molecule has 0 aliphatic carbocycles. The predicted octanol–water partition coefficient (Wildman–Crippen LogP) is 3.21. The molecule has 0 bridgehead atoms. The first kappa shape index (κ1) is 13.6. The van der Waals surface area contributed by atoms with Gasteiger partial charge in [0.1, 0.15) is 0 Å². The Balaban J connectivity index is 2.12. The molecule has 2 N–H and O–H groups in total. The first-order chi connectivity index (χ1) is 8.72. The van der Waals surface area contributed by atoms with Crippen molar-refractivity contribution in [2.24, 2.45) is 5.73 Å². The van der Waals surface area contributed by atoms with Gasteiger partial charge in [-0.15, -0.1) is 0 Å². The molecule has 0 spiro atoms. The van der Waals surface area contributed by atoms with E-state index in [-0.39, 0.29) is 5.41 Å². The highest BCUT2D eigenvalue weighted by Gasteiger charge is 2.39. The van der Waals surface area contributed by atoms with Gasteiger partial charge in [-0.1, -0.05) is 38.1 Å². The molecule has 1 aromatic rings. The maximum atomic E-state index is 5.63. The summed E-state index contributed by atoms with van der Waals surface area (Å²) in [6.45, 7) is 7.00. The summed E-state index contributed by atoms with van der Waals surface area (Å²) in [6.07, 6.45) is 3.42. The van der Waals surface area contributed by atoms with Crippen LogP contribution in [0.1, 0.15) is 50.2 Å². The van der Waals surface area contributed by atoms with E-state index >= 15 is 0 Å². The number of benzene rings is 1. The van der Waals surface area contributed by atoms with Crippen molar-refractivity contribution in [1.82, 2.24) is 0 Å². The van der Waals surface area contributed by atoms with Crippen molar-refractivity contribution in [2.45, 2.75) is 44.4 Å². The average molecular weight is 247 g/mol. The summed E-state index contributed by atoms with van der Waals surface area (Å²) < 4.78 is 5.45. The monoisotopic (exact) mass is 247 g/mol. The van der Waals surface area contributed by atoms with Gasteiger partial charge in [0.05, 0.1) is 13.2 Å². The third-order valence-corrected chi connectivity index (χ3v) is 4.32. The Kier molecular flexibility index (Phi) is 4.41. The zero-order valence-electron chi connectivity index (χ0n) is 11.6. The summed E-state index contributed by atoms with van der Waals surface area (Å²) in [6, 6.07) is 9.15. The molecule has 2 rings (SSSR count). The normalized spacial score (nSPS) is 19.3. The molecule has 0 amide bonds. The number of nitrogens with two attached hydrogens (primary N) is 1. The molecule has 0 aromatic heterocycles. The van der Waals surface area contributed by atoms with Gasteiger partial charge in [-0.3, -0.25) is 0 Å². The van der Waals surface area contributed by atoms with Crippen LogP contribution in [-0.2, 0) is 10.2 Å². The Morgan fingerprint density at radius 3 is 2.39 bits per heavy atom. The Morgan fingerprint density at radius 2 is 1.94 bits per heavy atom. The molecule has 1 saturated heterocycles. The molecular weight excluding hydrogens is 222 g/mol. The van der Waals surface area contributed by atoms with Crippen molar-refractivity contribution >= 4 is 0 Å². The van der Waals surface area contributed by atoms with Gasteiger partial charge in [-0.25, -0.2) is 0 Å². The Bertz CT molecular complexity index is 367. The van der Waals surface area contributed by atoms with Crippen LogP contribution in [0, 0.1) is 0 Å². The van der Waals surface area contributed by atoms with Crippen LogP contribution in [0.4, 0.5) is 0 Å². The summed E-state index contributed by atoms with van der Waals surface area (Å²) in [7, 11) is 0. The average Bonchev–Trinajstić information content (AvgIpc) is 2.37. The van der Waals surface area contributed by atoms with Crippen molar-refractivity contribution < 1.29 is 4.74 Å². The van der Waals surface area contributed by atoms with E-state index in [0.29, 0.717) is 5.92 Å². The minimum absolute atomic E-state index is 0.243. The van der Waals surface area contributed by atoms with Crippen LogP contribution in [0.3, 0.4) is 0 Å².